The molecule has 98 valence electrons. The van der Waals surface area contributed by atoms with E-state index in [9.17, 15) is 0 Å². The number of nitrogens with one attached hydrogen (secondary N) is 1. The summed E-state index contributed by atoms with van der Waals surface area (Å²) in [5.41, 5.74) is 2.50. The van der Waals surface area contributed by atoms with Crippen LogP contribution in [0.15, 0.2) is 6.07 Å². The maximum absolute atomic E-state index is 4.56. The number of hydrogen-bond donors (Lipinski definition) is 1. The Balaban J connectivity index is 2.53. The van der Waals surface area contributed by atoms with E-state index >= 15 is 0 Å². The SMILES string of the molecule is CCc1cc(CNC(C)CC(C)C)n(CC)n1. The van der Waals surface area contributed by atoms with Crippen LogP contribution in [0.4, 0.5) is 0 Å². The van der Waals surface area contributed by atoms with Gasteiger partial charge in [0, 0.05) is 19.1 Å². The van der Waals surface area contributed by atoms with Gasteiger partial charge in [-0.2, -0.15) is 5.10 Å². The lowest BCUT2D eigenvalue weighted by Gasteiger charge is -2.16. The van der Waals surface area contributed by atoms with Crippen molar-refractivity contribution in [3.63, 3.8) is 0 Å². The normalized spacial score (nSPS) is 13.3. The van der Waals surface area contributed by atoms with Gasteiger partial charge in [0.05, 0.1) is 11.4 Å². The smallest absolute Gasteiger partial charge is 0.0625 e. The molecule has 3 nitrogen and oxygen atoms in total. The van der Waals surface area contributed by atoms with E-state index in [0.29, 0.717) is 6.04 Å². The Kier molecular flexibility index (Phi) is 5.69. The average Bonchev–Trinajstić information content (AvgIpc) is 2.67. The van der Waals surface area contributed by atoms with Crippen molar-refractivity contribution in [2.75, 3.05) is 0 Å². The van der Waals surface area contributed by atoms with E-state index < -0.39 is 0 Å². The summed E-state index contributed by atoms with van der Waals surface area (Å²) >= 11 is 0. The summed E-state index contributed by atoms with van der Waals surface area (Å²) in [6.45, 7) is 13.0. The topological polar surface area (TPSA) is 29.9 Å². The van der Waals surface area contributed by atoms with Gasteiger partial charge in [0.2, 0.25) is 0 Å². The van der Waals surface area contributed by atoms with Crippen LogP contribution in [-0.2, 0) is 19.5 Å². The van der Waals surface area contributed by atoms with Crippen LogP contribution in [0.3, 0.4) is 0 Å². The highest BCUT2D eigenvalue weighted by Crippen LogP contribution is 2.08. The molecule has 0 saturated carbocycles. The summed E-state index contributed by atoms with van der Waals surface area (Å²) < 4.78 is 2.11. The lowest BCUT2D eigenvalue weighted by molar-refractivity contribution is 0.432. The van der Waals surface area contributed by atoms with Gasteiger partial charge in [0.15, 0.2) is 0 Å². The highest BCUT2D eigenvalue weighted by atomic mass is 15.3. The zero-order valence-electron chi connectivity index (χ0n) is 12.0. The molecule has 1 atom stereocenters. The molecule has 0 amide bonds. The molecule has 1 heterocycles. The Hall–Kier alpha value is -0.830. The lowest BCUT2D eigenvalue weighted by atomic mass is 10.1. The fourth-order valence-electron chi connectivity index (χ4n) is 2.17. The van der Waals surface area contributed by atoms with Crippen LogP contribution in [0, 0.1) is 5.92 Å². The number of nitrogens with zero attached hydrogens (tertiary/aromatic N) is 2. The molecule has 0 aliphatic carbocycles. The first-order valence-electron chi connectivity index (χ1n) is 6.85. The second-order valence-electron chi connectivity index (χ2n) is 5.21. The van der Waals surface area contributed by atoms with Crippen molar-refractivity contribution >= 4 is 0 Å². The Bertz CT molecular complexity index is 328. The molecule has 1 rings (SSSR count). The molecule has 3 heteroatoms. The number of hydrogen-bond acceptors (Lipinski definition) is 2. The van der Waals surface area contributed by atoms with Crippen molar-refractivity contribution in [3.8, 4) is 0 Å². The first-order chi connectivity index (χ1) is 8.06. The summed E-state index contributed by atoms with van der Waals surface area (Å²) in [6.07, 6.45) is 2.24. The molecular formula is C14H27N3. The van der Waals surface area contributed by atoms with Crippen LogP contribution in [-0.4, -0.2) is 15.8 Å². The van der Waals surface area contributed by atoms with E-state index in [4.69, 9.17) is 0 Å². The van der Waals surface area contributed by atoms with Crippen LogP contribution < -0.4 is 5.32 Å². The average molecular weight is 237 g/mol. The van der Waals surface area contributed by atoms with Crippen LogP contribution >= 0.6 is 0 Å². The molecule has 0 aliphatic rings. The molecule has 0 radical (unpaired) electrons. The van der Waals surface area contributed by atoms with Crippen molar-refractivity contribution in [2.45, 2.75) is 66.6 Å². The number of rotatable bonds is 7. The molecule has 1 aromatic rings. The standard InChI is InChI=1S/C14H27N3/c1-6-13-9-14(17(7-2)16-13)10-15-12(5)8-11(3)4/h9,11-12,15H,6-8,10H2,1-5H3. The minimum absolute atomic E-state index is 0.570. The summed E-state index contributed by atoms with van der Waals surface area (Å²) in [4.78, 5) is 0. The van der Waals surface area contributed by atoms with Gasteiger partial charge in [0.25, 0.3) is 0 Å². The second-order valence-corrected chi connectivity index (χ2v) is 5.21. The maximum atomic E-state index is 4.56. The minimum Gasteiger partial charge on any atom is -0.309 e. The Morgan fingerprint density at radius 2 is 2.00 bits per heavy atom. The third-order valence-corrected chi connectivity index (χ3v) is 3.03. The van der Waals surface area contributed by atoms with Crippen LogP contribution in [0.5, 0.6) is 0 Å². The van der Waals surface area contributed by atoms with Crippen LogP contribution in [0.1, 0.15) is 52.4 Å². The van der Waals surface area contributed by atoms with Gasteiger partial charge in [-0.1, -0.05) is 20.8 Å². The monoisotopic (exact) mass is 237 g/mol. The largest absolute Gasteiger partial charge is 0.309 e. The third-order valence-electron chi connectivity index (χ3n) is 3.03. The molecule has 1 unspecified atom stereocenters. The van der Waals surface area contributed by atoms with E-state index in [1.807, 2.05) is 0 Å². The van der Waals surface area contributed by atoms with E-state index in [-0.39, 0.29) is 0 Å². The highest BCUT2D eigenvalue weighted by molar-refractivity contribution is 5.10. The maximum Gasteiger partial charge on any atom is 0.0625 e. The van der Waals surface area contributed by atoms with Crippen molar-refractivity contribution in [2.24, 2.45) is 5.92 Å². The summed E-state index contributed by atoms with van der Waals surface area (Å²) in [6, 6.07) is 2.79. The molecule has 0 bridgehead atoms. The van der Waals surface area contributed by atoms with Gasteiger partial charge in [-0.3, -0.25) is 4.68 Å². The van der Waals surface area contributed by atoms with E-state index in [0.717, 1.165) is 25.4 Å². The Morgan fingerprint density at radius 3 is 2.53 bits per heavy atom. The molecule has 1 aromatic heterocycles. The van der Waals surface area contributed by atoms with E-state index in [2.05, 4.69) is 55.8 Å². The van der Waals surface area contributed by atoms with Crippen molar-refractivity contribution in [3.05, 3.63) is 17.5 Å². The van der Waals surface area contributed by atoms with Gasteiger partial charge in [-0.05, 0) is 38.7 Å². The first-order valence-corrected chi connectivity index (χ1v) is 6.85. The molecule has 0 aliphatic heterocycles. The summed E-state index contributed by atoms with van der Waals surface area (Å²) in [5.74, 6) is 0.750. The van der Waals surface area contributed by atoms with Crippen molar-refractivity contribution in [1.29, 1.82) is 0 Å². The second kappa shape index (κ2) is 6.80. The Labute approximate surface area is 106 Å². The van der Waals surface area contributed by atoms with Crippen LogP contribution in [0.25, 0.3) is 0 Å². The highest BCUT2D eigenvalue weighted by Gasteiger charge is 2.08. The number of aryl methyl sites for hydroxylation is 2. The summed E-state index contributed by atoms with van der Waals surface area (Å²) in [7, 11) is 0. The third kappa shape index (κ3) is 4.50. The zero-order valence-corrected chi connectivity index (χ0v) is 12.0. The fourth-order valence-corrected chi connectivity index (χ4v) is 2.17. The Morgan fingerprint density at radius 1 is 1.29 bits per heavy atom. The summed E-state index contributed by atoms with van der Waals surface area (Å²) in [5, 5.41) is 8.14. The molecular weight excluding hydrogens is 210 g/mol. The lowest BCUT2D eigenvalue weighted by Crippen LogP contribution is -2.27. The van der Waals surface area contributed by atoms with Gasteiger partial charge in [-0.15, -0.1) is 0 Å². The molecule has 17 heavy (non-hydrogen) atoms. The van der Waals surface area contributed by atoms with Gasteiger partial charge in [0.1, 0.15) is 0 Å². The molecule has 0 spiro atoms. The minimum atomic E-state index is 0.570. The molecule has 0 fully saturated rings. The van der Waals surface area contributed by atoms with Gasteiger partial charge in [-0.25, -0.2) is 0 Å². The fraction of sp³-hybridized carbons (Fsp3) is 0.786. The van der Waals surface area contributed by atoms with Crippen molar-refractivity contribution in [1.82, 2.24) is 15.1 Å². The van der Waals surface area contributed by atoms with Crippen molar-refractivity contribution < 1.29 is 0 Å². The molecule has 1 N–H and O–H groups in total. The predicted octanol–water partition coefficient (Wildman–Crippen LogP) is 2.99. The first kappa shape index (κ1) is 14.2. The predicted molar refractivity (Wildman–Crippen MR) is 73.0 cm³/mol. The quantitative estimate of drug-likeness (QED) is 0.790. The molecule has 0 aromatic carbocycles. The van der Waals surface area contributed by atoms with Crippen LogP contribution in [0.2, 0.25) is 0 Å². The van der Waals surface area contributed by atoms with Gasteiger partial charge < -0.3 is 5.32 Å². The zero-order chi connectivity index (χ0) is 12.8. The molecule has 0 saturated heterocycles. The van der Waals surface area contributed by atoms with E-state index in [1.54, 1.807) is 0 Å². The van der Waals surface area contributed by atoms with E-state index in [1.165, 1.54) is 17.8 Å². The number of aromatic nitrogens is 2. The van der Waals surface area contributed by atoms with Gasteiger partial charge >= 0.3 is 0 Å².